The first-order valence-corrected chi connectivity index (χ1v) is 9.93. The number of hydrogen-bond donors (Lipinski definition) is 3. The Kier molecular flexibility index (Phi) is 6.14. The van der Waals surface area contributed by atoms with Gasteiger partial charge in [-0.3, -0.25) is 5.10 Å². The van der Waals surface area contributed by atoms with Crippen LogP contribution < -0.4 is 10.9 Å². The van der Waals surface area contributed by atoms with Gasteiger partial charge in [-0.2, -0.15) is 10.1 Å². The van der Waals surface area contributed by atoms with Crippen molar-refractivity contribution < 1.29 is 5.11 Å². The molecule has 7 heteroatoms. The molecule has 1 aromatic carbocycles. The molecule has 0 aliphatic rings. The molecular formula is C21H30N6O. The van der Waals surface area contributed by atoms with E-state index in [9.17, 15) is 5.11 Å². The number of aliphatic hydroxyl groups excluding tert-OH is 1. The maximum absolute atomic E-state index is 9.67. The van der Waals surface area contributed by atoms with Gasteiger partial charge in [-0.05, 0) is 38.3 Å². The van der Waals surface area contributed by atoms with E-state index in [2.05, 4.69) is 47.8 Å². The Morgan fingerprint density at radius 1 is 1.18 bits per heavy atom. The molecule has 2 aromatic heterocycles. The monoisotopic (exact) mass is 382 g/mol. The first kappa shape index (κ1) is 20.1. The molecule has 0 fully saturated rings. The standard InChI is InChI=1S/C21H30N6O/c1-6-15(12-28)23-21-24-20(22-16-10-8-7-9-11-16)18-19(27(21)14(4)5)17(13(2)3)25-26-18/h7-11,13-15,28H,6,12H2,1-5H3,(H,25,26)(H,22,23,24). The lowest BCUT2D eigenvalue weighted by Crippen LogP contribution is -2.30. The third-order valence-electron chi connectivity index (χ3n) is 4.77. The summed E-state index contributed by atoms with van der Waals surface area (Å²) in [4.78, 5) is 9.59. The van der Waals surface area contributed by atoms with Gasteiger partial charge in [-0.1, -0.05) is 39.0 Å². The summed E-state index contributed by atoms with van der Waals surface area (Å²) in [6, 6.07) is 9.87. The van der Waals surface area contributed by atoms with Gasteiger partial charge in [0.2, 0.25) is 5.62 Å². The molecule has 0 saturated heterocycles. The number of aliphatic hydroxyl groups is 1. The van der Waals surface area contributed by atoms with E-state index in [-0.39, 0.29) is 24.6 Å². The van der Waals surface area contributed by atoms with Crippen LogP contribution in [-0.2, 0) is 0 Å². The molecule has 2 heterocycles. The zero-order chi connectivity index (χ0) is 20.3. The molecule has 150 valence electrons. The molecule has 0 aliphatic carbocycles. The second-order valence-corrected chi connectivity index (χ2v) is 7.58. The van der Waals surface area contributed by atoms with Crippen LogP contribution in [0.2, 0.25) is 0 Å². The highest BCUT2D eigenvalue weighted by molar-refractivity contribution is 5.89. The fraction of sp³-hybridized carbons (Fsp3) is 0.476. The van der Waals surface area contributed by atoms with Crippen molar-refractivity contribution in [2.45, 2.75) is 59.0 Å². The molecule has 28 heavy (non-hydrogen) atoms. The van der Waals surface area contributed by atoms with Gasteiger partial charge < -0.3 is 15.0 Å². The van der Waals surface area contributed by atoms with E-state index in [0.29, 0.717) is 11.4 Å². The fourth-order valence-corrected chi connectivity index (χ4v) is 3.22. The van der Waals surface area contributed by atoms with E-state index in [1.54, 1.807) is 0 Å². The molecule has 0 bridgehead atoms. The number of fused-ring (bicyclic) bond motifs is 1. The third kappa shape index (κ3) is 3.94. The number of benzene rings is 1. The molecule has 0 amide bonds. The average Bonchev–Trinajstić information content (AvgIpc) is 3.12. The summed E-state index contributed by atoms with van der Waals surface area (Å²) in [5, 5.41) is 20.8. The smallest absolute Gasteiger partial charge is 0.228 e. The van der Waals surface area contributed by atoms with E-state index in [4.69, 9.17) is 9.98 Å². The number of anilines is 2. The Morgan fingerprint density at radius 3 is 2.46 bits per heavy atom. The number of nitrogens with zero attached hydrogens (tertiary/aromatic N) is 4. The summed E-state index contributed by atoms with van der Waals surface area (Å²) in [6.07, 6.45) is 0.748. The van der Waals surface area contributed by atoms with Crippen molar-refractivity contribution in [3.05, 3.63) is 41.6 Å². The predicted molar refractivity (Wildman–Crippen MR) is 113 cm³/mol. The Bertz CT molecular complexity index is 983. The number of aromatic amines is 1. The molecule has 0 saturated carbocycles. The highest BCUT2D eigenvalue weighted by atomic mass is 16.3. The number of rotatable bonds is 7. The van der Waals surface area contributed by atoms with Gasteiger partial charge in [0.05, 0.1) is 23.9 Å². The van der Waals surface area contributed by atoms with E-state index in [0.717, 1.165) is 28.8 Å². The molecule has 3 aromatic rings. The molecule has 0 aliphatic heterocycles. The van der Waals surface area contributed by atoms with Crippen LogP contribution in [0, 0.1) is 0 Å². The molecule has 3 N–H and O–H groups in total. The minimum atomic E-state index is -0.186. The highest BCUT2D eigenvalue weighted by Crippen LogP contribution is 2.28. The van der Waals surface area contributed by atoms with Crippen molar-refractivity contribution in [2.75, 3.05) is 11.9 Å². The van der Waals surface area contributed by atoms with Gasteiger partial charge in [0.25, 0.3) is 0 Å². The van der Waals surface area contributed by atoms with Crippen LogP contribution in [0.15, 0.2) is 35.3 Å². The van der Waals surface area contributed by atoms with Crippen molar-refractivity contribution >= 4 is 22.5 Å². The summed E-state index contributed by atoms with van der Waals surface area (Å²) in [5.74, 6) is 0.933. The fourth-order valence-electron chi connectivity index (χ4n) is 3.22. The Balaban J connectivity index is 2.33. The van der Waals surface area contributed by atoms with Gasteiger partial charge in [0.1, 0.15) is 0 Å². The van der Waals surface area contributed by atoms with Crippen molar-refractivity contribution in [3.63, 3.8) is 0 Å². The van der Waals surface area contributed by atoms with Crippen molar-refractivity contribution in [3.8, 4) is 0 Å². The van der Waals surface area contributed by atoms with Crippen LogP contribution in [0.25, 0.3) is 11.0 Å². The number of hydrogen-bond acceptors (Lipinski definition) is 5. The van der Waals surface area contributed by atoms with Gasteiger partial charge >= 0.3 is 0 Å². The van der Waals surface area contributed by atoms with E-state index >= 15 is 0 Å². The highest BCUT2D eigenvalue weighted by Gasteiger charge is 2.20. The number of nitrogens with one attached hydrogen (secondary N) is 2. The SMILES string of the molecule is CCC(CO)N=c1nc(Nc2ccccc2)c2n[nH]c(C(C)C)c2n1C(C)C. The minimum Gasteiger partial charge on any atom is -0.394 e. The lowest BCUT2D eigenvalue weighted by atomic mass is 10.1. The van der Waals surface area contributed by atoms with Crippen LogP contribution in [0.4, 0.5) is 11.5 Å². The zero-order valence-electron chi connectivity index (χ0n) is 17.3. The van der Waals surface area contributed by atoms with Gasteiger partial charge in [0, 0.05) is 11.7 Å². The largest absolute Gasteiger partial charge is 0.394 e. The van der Waals surface area contributed by atoms with Crippen molar-refractivity contribution in [2.24, 2.45) is 4.99 Å². The lowest BCUT2D eigenvalue weighted by Gasteiger charge is -2.18. The van der Waals surface area contributed by atoms with Gasteiger partial charge in [-0.15, -0.1) is 0 Å². The maximum atomic E-state index is 9.67. The predicted octanol–water partition coefficient (Wildman–Crippen LogP) is 3.88. The molecule has 0 spiro atoms. The molecular weight excluding hydrogens is 352 g/mol. The summed E-state index contributed by atoms with van der Waals surface area (Å²) in [7, 11) is 0. The lowest BCUT2D eigenvalue weighted by molar-refractivity contribution is 0.260. The first-order chi connectivity index (χ1) is 13.5. The molecule has 1 unspecified atom stereocenters. The van der Waals surface area contributed by atoms with Crippen LogP contribution >= 0.6 is 0 Å². The third-order valence-corrected chi connectivity index (χ3v) is 4.77. The minimum absolute atomic E-state index is 0.00180. The van der Waals surface area contributed by atoms with E-state index in [1.807, 2.05) is 37.3 Å². The topological polar surface area (TPSA) is 91.1 Å². The van der Waals surface area contributed by atoms with Crippen LogP contribution in [-0.4, -0.2) is 37.5 Å². The van der Waals surface area contributed by atoms with E-state index < -0.39 is 0 Å². The summed E-state index contributed by atoms with van der Waals surface area (Å²) < 4.78 is 2.11. The molecule has 7 nitrogen and oxygen atoms in total. The second-order valence-electron chi connectivity index (χ2n) is 7.58. The normalized spacial score (nSPS) is 13.6. The van der Waals surface area contributed by atoms with E-state index in [1.165, 1.54) is 0 Å². The number of aromatic nitrogens is 4. The number of para-hydroxylation sites is 1. The van der Waals surface area contributed by atoms with Crippen molar-refractivity contribution in [1.29, 1.82) is 0 Å². The van der Waals surface area contributed by atoms with Gasteiger partial charge in [-0.25, -0.2) is 4.99 Å². The maximum Gasteiger partial charge on any atom is 0.228 e. The Hall–Kier alpha value is -2.67. The Labute approximate surface area is 165 Å². The summed E-state index contributed by atoms with van der Waals surface area (Å²) >= 11 is 0. The van der Waals surface area contributed by atoms with Gasteiger partial charge in [0.15, 0.2) is 11.3 Å². The quantitative estimate of drug-likeness (QED) is 0.578. The number of H-pyrrole nitrogens is 1. The Morgan fingerprint density at radius 2 is 1.89 bits per heavy atom. The van der Waals surface area contributed by atoms with Crippen LogP contribution in [0.5, 0.6) is 0 Å². The molecule has 1 atom stereocenters. The van der Waals surface area contributed by atoms with Crippen LogP contribution in [0.1, 0.15) is 58.7 Å². The second kappa shape index (κ2) is 8.56. The first-order valence-electron chi connectivity index (χ1n) is 9.93. The molecule has 3 rings (SSSR count). The zero-order valence-corrected chi connectivity index (χ0v) is 17.3. The van der Waals surface area contributed by atoms with Crippen LogP contribution in [0.3, 0.4) is 0 Å². The summed E-state index contributed by atoms with van der Waals surface area (Å²) in [6.45, 7) is 10.5. The average molecular weight is 383 g/mol. The summed E-state index contributed by atoms with van der Waals surface area (Å²) in [5.41, 5.74) is 4.39. The van der Waals surface area contributed by atoms with Crippen molar-refractivity contribution in [1.82, 2.24) is 19.7 Å². The molecule has 0 radical (unpaired) electrons.